The van der Waals surface area contributed by atoms with E-state index in [1.54, 1.807) is 6.07 Å². The molecule has 8 nitrogen and oxygen atoms in total. The smallest absolute Gasteiger partial charge is 0.493 e. The highest BCUT2D eigenvalue weighted by Crippen LogP contribution is 2.41. The number of rotatable bonds is 7. The van der Waals surface area contributed by atoms with Gasteiger partial charge < -0.3 is 27.9 Å². The number of benzene rings is 3. The van der Waals surface area contributed by atoms with E-state index in [2.05, 4.69) is 4.18 Å². The van der Waals surface area contributed by atoms with Crippen molar-refractivity contribution in [3.05, 3.63) is 69.8 Å². The Balaban J connectivity index is 1.98. The molecule has 210 valence electrons. The van der Waals surface area contributed by atoms with Gasteiger partial charge in [-0.05, 0) is 89.0 Å². The molecule has 0 radical (unpaired) electrons. The van der Waals surface area contributed by atoms with Crippen LogP contribution in [0.5, 0.6) is 34.5 Å². The molecule has 0 N–H and O–H groups in total. The summed E-state index contributed by atoms with van der Waals surface area (Å²) in [5, 5.41) is 0. The number of methoxy groups -OCH3 is 5. The minimum absolute atomic E-state index is 0.157. The number of alkyl halides is 3. The summed E-state index contributed by atoms with van der Waals surface area (Å²) in [5.41, 5.74) is -0.909. The molecule has 0 amide bonds. The molecule has 3 aromatic carbocycles. The highest BCUT2D eigenvalue weighted by molar-refractivity contribution is 7.88. The fraction of sp³-hybridized carbons (Fsp3) is 0.333. The lowest BCUT2D eigenvalue weighted by Gasteiger charge is -2.18. The van der Waals surface area contributed by atoms with E-state index in [4.69, 9.17) is 23.7 Å². The first-order valence-corrected chi connectivity index (χ1v) is 13.0. The second kappa shape index (κ2) is 10.8. The van der Waals surface area contributed by atoms with E-state index >= 15 is 0 Å². The second-order valence-corrected chi connectivity index (χ2v) is 10.3. The maximum absolute atomic E-state index is 13.1. The maximum Gasteiger partial charge on any atom is 0.534 e. The van der Waals surface area contributed by atoms with Crippen LogP contribution in [0.1, 0.15) is 33.4 Å². The van der Waals surface area contributed by atoms with Crippen LogP contribution in [-0.4, -0.2) is 49.5 Å². The van der Waals surface area contributed by atoms with Crippen molar-refractivity contribution in [2.75, 3.05) is 35.5 Å². The molecule has 0 aliphatic heterocycles. The predicted molar refractivity (Wildman–Crippen MR) is 136 cm³/mol. The molecule has 0 atom stereocenters. The third-order valence-electron chi connectivity index (χ3n) is 6.52. The van der Waals surface area contributed by atoms with Crippen molar-refractivity contribution in [3.63, 3.8) is 0 Å². The standard InChI is InChI=1S/C27H27F3O8S/c1-33-21-9-15-6-16-10-22(34-2)24(36-4)12-18(16)8-20-14-26(38-39(31,32)27(28,29)30)25(37-5)13-19(20)7-17(15)11-23(21)35-3/h9-14H,6-8H2,1-5H3. The number of hydrogen-bond acceptors (Lipinski definition) is 8. The highest BCUT2D eigenvalue weighted by atomic mass is 32.2. The van der Waals surface area contributed by atoms with E-state index < -0.39 is 21.4 Å². The third kappa shape index (κ3) is 5.51. The highest BCUT2D eigenvalue weighted by Gasteiger charge is 2.49. The Morgan fingerprint density at radius 1 is 0.513 bits per heavy atom. The van der Waals surface area contributed by atoms with Gasteiger partial charge in [-0.15, -0.1) is 0 Å². The first-order valence-electron chi connectivity index (χ1n) is 11.6. The Morgan fingerprint density at radius 2 is 0.744 bits per heavy atom. The molecule has 0 aromatic heterocycles. The van der Waals surface area contributed by atoms with Crippen LogP contribution in [0, 0.1) is 0 Å². The average molecular weight is 569 g/mol. The van der Waals surface area contributed by atoms with Crippen molar-refractivity contribution in [1.82, 2.24) is 0 Å². The number of fused-ring (bicyclic) bond motifs is 3. The fourth-order valence-corrected chi connectivity index (χ4v) is 5.02. The van der Waals surface area contributed by atoms with Gasteiger partial charge in [-0.3, -0.25) is 0 Å². The molecular weight excluding hydrogens is 541 g/mol. The predicted octanol–water partition coefficient (Wildman–Crippen LogP) is 5.04. The van der Waals surface area contributed by atoms with Gasteiger partial charge in [0.2, 0.25) is 0 Å². The Morgan fingerprint density at radius 3 is 0.974 bits per heavy atom. The van der Waals surface area contributed by atoms with Gasteiger partial charge in [0, 0.05) is 0 Å². The number of halogens is 3. The van der Waals surface area contributed by atoms with Crippen molar-refractivity contribution in [1.29, 1.82) is 0 Å². The summed E-state index contributed by atoms with van der Waals surface area (Å²) in [5.74, 6) is 1.30. The van der Waals surface area contributed by atoms with Crippen LogP contribution >= 0.6 is 0 Å². The van der Waals surface area contributed by atoms with Crippen molar-refractivity contribution in [2.24, 2.45) is 0 Å². The van der Waals surface area contributed by atoms with Crippen LogP contribution in [0.2, 0.25) is 0 Å². The van der Waals surface area contributed by atoms with E-state index in [1.165, 1.54) is 47.7 Å². The molecule has 0 unspecified atom stereocenters. The van der Waals surface area contributed by atoms with Crippen LogP contribution < -0.4 is 27.9 Å². The molecule has 4 rings (SSSR count). The molecule has 1 aliphatic rings. The molecule has 0 saturated carbocycles. The van der Waals surface area contributed by atoms with Gasteiger partial charge in [-0.1, -0.05) is 0 Å². The Kier molecular flexibility index (Phi) is 7.78. The molecule has 0 saturated heterocycles. The van der Waals surface area contributed by atoms with Gasteiger partial charge in [0.25, 0.3) is 0 Å². The van der Waals surface area contributed by atoms with Gasteiger partial charge in [0.15, 0.2) is 34.5 Å². The zero-order chi connectivity index (χ0) is 28.5. The zero-order valence-electron chi connectivity index (χ0n) is 21.9. The molecule has 12 heteroatoms. The quantitative estimate of drug-likeness (QED) is 0.226. The van der Waals surface area contributed by atoms with Crippen LogP contribution in [0.3, 0.4) is 0 Å². The van der Waals surface area contributed by atoms with Gasteiger partial charge >= 0.3 is 15.6 Å². The first kappa shape index (κ1) is 28.2. The van der Waals surface area contributed by atoms with Gasteiger partial charge in [0.1, 0.15) is 0 Å². The lowest BCUT2D eigenvalue weighted by atomic mass is 9.94. The molecule has 39 heavy (non-hydrogen) atoms. The Labute approximate surface area is 224 Å². The van der Waals surface area contributed by atoms with Crippen LogP contribution in [0.15, 0.2) is 36.4 Å². The van der Waals surface area contributed by atoms with Crippen LogP contribution in [0.4, 0.5) is 13.2 Å². The van der Waals surface area contributed by atoms with Crippen molar-refractivity contribution in [2.45, 2.75) is 24.8 Å². The average Bonchev–Trinajstić information content (AvgIpc) is 2.95. The van der Waals surface area contributed by atoms with Crippen molar-refractivity contribution in [3.8, 4) is 34.5 Å². The molecule has 0 bridgehead atoms. The molecular formula is C27H27F3O8S. The van der Waals surface area contributed by atoms with Crippen molar-refractivity contribution >= 4 is 10.1 Å². The van der Waals surface area contributed by atoms with Gasteiger partial charge in [0.05, 0.1) is 35.5 Å². The van der Waals surface area contributed by atoms with E-state index in [0.29, 0.717) is 47.0 Å². The van der Waals surface area contributed by atoms with Gasteiger partial charge in [-0.2, -0.15) is 21.6 Å². The lowest BCUT2D eigenvalue weighted by molar-refractivity contribution is -0.0500. The normalized spacial score (nSPS) is 13.0. The van der Waals surface area contributed by atoms with E-state index in [-0.39, 0.29) is 12.2 Å². The summed E-state index contributed by atoms with van der Waals surface area (Å²) >= 11 is 0. The summed E-state index contributed by atoms with van der Waals surface area (Å²) in [7, 11) is 1.38. The number of ether oxygens (including phenoxy) is 5. The Hall–Kier alpha value is -3.80. The third-order valence-corrected chi connectivity index (χ3v) is 7.49. The topological polar surface area (TPSA) is 89.5 Å². The summed E-state index contributed by atoms with van der Waals surface area (Å²) in [6.07, 6.45) is 1.05. The summed E-state index contributed by atoms with van der Waals surface area (Å²) in [6.45, 7) is 0. The fourth-order valence-electron chi connectivity index (χ4n) is 4.56. The summed E-state index contributed by atoms with van der Waals surface area (Å²) in [6, 6.07) is 10.1. The van der Waals surface area contributed by atoms with Crippen molar-refractivity contribution < 1.29 is 49.5 Å². The Bertz CT molecular complexity index is 1490. The summed E-state index contributed by atoms with van der Waals surface area (Å²) < 4.78 is 94.7. The van der Waals surface area contributed by atoms with E-state index in [1.807, 2.05) is 18.2 Å². The van der Waals surface area contributed by atoms with Crippen LogP contribution in [-0.2, 0) is 29.4 Å². The zero-order valence-corrected chi connectivity index (χ0v) is 22.7. The second-order valence-electron chi connectivity index (χ2n) is 8.74. The van der Waals surface area contributed by atoms with E-state index in [0.717, 1.165) is 22.3 Å². The monoisotopic (exact) mass is 568 g/mol. The molecule has 0 spiro atoms. The largest absolute Gasteiger partial charge is 0.534 e. The SMILES string of the molecule is COc1cc2c(cc1OC)Cc1cc(OC)c(OS(=O)(=O)C(F)(F)F)cc1Cc1cc(OC)c(OC)cc1C2. The lowest BCUT2D eigenvalue weighted by Crippen LogP contribution is -2.28. The molecule has 0 heterocycles. The minimum atomic E-state index is -5.93. The minimum Gasteiger partial charge on any atom is -0.493 e. The first-order chi connectivity index (χ1) is 18.4. The molecule has 3 aromatic rings. The molecule has 0 fully saturated rings. The molecule has 1 aliphatic carbocycles. The maximum atomic E-state index is 13.1. The van der Waals surface area contributed by atoms with Crippen LogP contribution in [0.25, 0.3) is 0 Å². The number of hydrogen-bond donors (Lipinski definition) is 0. The van der Waals surface area contributed by atoms with E-state index in [9.17, 15) is 21.6 Å². The summed E-state index contributed by atoms with van der Waals surface area (Å²) in [4.78, 5) is 0. The van der Waals surface area contributed by atoms with Gasteiger partial charge in [-0.25, -0.2) is 0 Å².